The number of hydrogen-bond acceptors (Lipinski definition) is 3. The normalized spacial score (nSPS) is 18.9. The van der Waals surface area contributed by atoms with Crippen LogP contribution in [0.15, 0.2) is 23.1 Å². The van der Waals surface area contributed by atoms with Crippen LogP contribution in [0.4, 0.5) is 9.18 Å². The van der Waals surface area contributed by atoms with Crippen LogP contribution in [0, 0.1) is 0 Å². The largest absolute Gasteiger partial charge is 0.478 e. The van der Waals surface area contributed by atoms with E-state index in [9.17, 15) is 14.0 Å². The van der Waals surface area contributed by atoms with Gasteiger partial charge >= 0.3 is 12.1 Å². The Morgan fingerprint density at radius 3 is 2.72 bits per heavy atom. The molecule has 5 nitrogen and oxygen atoms in total. The number of nitrogens with zero attached hydrogens (tertiary/aromatic N) is 1. The zero-order valence-corrected chi connectivity index (χ0v) is 9.98. The van der Waals surface area contributed by atoms with E-state index < -0.39 is 17.6 Å². The van der Waals surface area contributed by atoms with Gasteiger partial charge < -0.3 is 15.1 Å². The molecule has 1 heterocycles. The van der Waals surface area contributed by atoms with Crippen LogP contribution in [0.3, 0.4) is 0 Å². The third kappa shape index (κ3) is 2.56. The molecule has 0 radical (unpaired) electrons. The van der Waals surface area contributed by atoms with E-state index in [1.165, 1.54) is 18.2 Å². The summed E-state index contributed by atoms with van der Waals surface area (Å²) >= 11 is 0.850. The summed E-state index contributed by atoms with van der Waals surface area (Å²) in [6.45, 7) is -0.158. The number of amides is 1. The van der Waals surface area contributed by atoms with E-state index in [-0.39, 0.29) is 18.7 Å². The summed E-state index contributed by atoms with van der Waals surface area (Å²) in [4.78, 5) is 23.2. The summed E-state index contributed by atoms with van der Waals surface area (Å²) < 4.78 is 13.6. The van der Waals surface area contributed by atoms with E-state index >= 15 is 0 Å². The molecular weight excluding hydrogens is 261 g/mol. The molecule has 1 aromatic carbocycles. The molecule has 0 spiro atoms. The van der Waals surface area contributed by atoms with Gasteiger partial charge in [-0.15, -0.1) is 0 Å². The molecule has 7 heteroatoms. The van der Waals surface area contributed by atoms with Gasteiger partial charge in [-0.25, -0.2) is 14.0 Å². The molecule has 1 amide bonds. The average molecular weight is 271 g/mol. The zero-order chi connectivity index (χ0) is 13.3. The van der Waals surface area contributed by atoms with Crippen molar-refractivity contribution in [3.63, 3.8) is 0 Å². The maximum atomic E-state index is 13.6. The summed E-state index contributed by atoms with van der Waals surface area (Å²) in [5, 5.41) is 17.8. The van der Waals surface area contributed by atoms with Gasteiger partial charge in [0.15, 0.2) is 5.50 Å². The molecule has 0 aromatic heterocycles. The number of thioether (sulfide) groups is 1. The summed E-state index contributed by atoms with van der Waals surface area (Å²) in [6, 6.07) is 4.29. The maximum absolute atomic E-state index is 13.6. The maximum Gasteiger partial charge on any atom is 0.407 e. The SMILES string of the molecule is O=C(O)c1ccc2c(c1)S[C@H](F)CN(C(=O)O)C2. The number of fused-ring (bicyclic) bond motifs is 1. The van der Waals surface area contributed by atoms with Crippen LogP contribution in [0.2, 0.25) is 0 Å². The molecule has 18 heavy (non-hydrogen) atoms. The quantitative estimate of drug-likeness (QED) is 0.819. The van der Waals surface area contributed by atoms with Crippen molar-refractivity contribution >= 4 is 23.8 Å². The Bertz CT molecular complexity index is 508. The fourth-order valence-corrected chi connectivity index (χ4v) is 2.70. The predicted octanol–water partition coefficient (Wildman–Crippen LogP) is 2.27. The van der Waals surface area contributed by atoms with Crippen LogP contribution in [0.25, 0.3) is 0 Å². The molecule has 0 bridgehead atoms. The highest BCUT2D eigenvalue weighted by atomic mass is 32.2. The molecule has 2 rings (SSSR count). The van der Waals surface area contributed by atoms with Gasteiger partial charge in [-0.1, -0.05) is 17.8 Å². The standard InChI is InChI=1S/C11H10FNO4S/c12-9-5-13(11(16)17)4-7-2-1-6(10(14)15)3-8(7)18-9/h1-3,9H,4-5H2,(H,14,15)(H,16,17)/t9-/m0/s1. The molecule has 96 valence electrons. The first kappa shape index (κ1) is 12.7. The number of rotatable bonds is 1. The number of benzene rings is 1. The molecule has 0 fully saturated rings. The molecule has 1 aliphatic rings. The van der Waals surface area contributed by atoms with Gasteiger partial charge in [-0.3, -0.25) is 0 Å². The summed E-state index contributed by atoms with van der Waals surface area (Å²) in [5.74, 6) is -1.09. The van der Waals surface area contributed by atoms with Gasteiger partial charge in [0.2, 0.25) is 0 Å². The van der Waals surface area contributed by atoms with Crippen molar-refractivity contribution in [3.05, 3.63) is 29.3 Å². The van der Waals surface area contributed by atoms with E-state index in [0.29, 0.717) is 10.5 Å². The van der Waals surface area contributed by atoms with E-state index in [4.69, 9.17) is 10.2 Å². The van der Waals surface area contributed by atoms with Crippen LogP contribution in [0.5, 0.6) is 0 Å². The van der Waals surface area contributed by atoms with Crippen molar-refractivity contribution in [2.75, 3.05) is 6.54 Å². The van der Waals surface area contributed by atoms with Gasteiger partial charge in [0.05, 0.1) is 18.7 Å². The van der Waals surface area contributed by atoms with Gasteiger partial charge in [0, 0.05) is 4.90 Å². The minimum atomic E-state index is -1.40. The third-order valence-electron chi connectivity index (χ3n) is 2.56. The van der Waals surface area contributed by atoms with Crippen LogP contribution in [-0.2, 0) is 6.54 Å². The predicted molar refractivity (Wildman–Crippen MR) is 62.6 cm³/mol. The highest BCUT2D eigenvalue weighted by Gasteiger charge is 2.25. The Labute approximate surface area is 106 Å². The lowest BCUT2D eigenvalue weighted by Gasteiger charge is -2.17. The monoisotopic (exact) mass is 271 g/mol. The van der Waals surface area contributed by atoms with Crippen molar-refractivity contribution in [1.82, 2.24) is 4.90 Å². The summed E-state index contributed by atoms with van der Waals surface area (Å²) in [7, 11) is 0. The molecule has 2 N–H and O–H groups in total. The molecule has 0 saturated heterocycles. The van der Waals surface area contributed by atoms with Gasteiger partial charge in [0.1, 0.15) is 0 Å². The lowest BCUT2D eigenvalue weighted by Crippen LogP contribution is -2.32. The Hall–Kier alpha value is -1.76. The Kier molecular flexibility index (Phi) is 3.42. The third-order valence-corrected chi connectivity index (χ3v) is 3.60. The van der Waals surface area contributed by atoms with Gasteiger partial charge in [-0.05, 0) is 17.7 Å². The number of carbonyl (C=O) groups is 2. The molecule has 0 aliphatic carbocycles. The van der Waals surface area contributed by atoms with Crippen molar-refractivity contribution in [2.45, 2.75) is 16.9 Å². The van der Waals surface area contributed by atoms with Gasteiger partial charge in [0.25, 0.3) is 0 Å². The molecule has 0 unspecified atom stereocenters. The minimum Gasteiger partial charge on any atom is -0.478 e. The van der Waals surface area contributed by atoms with Crippen molar-refractivity contribution in [3.8, 4) is 0 Å². The fraction of sp³-hybridized carbons (Fsp3) is 0.273. The van der Waals surface area contributed by atoms with Crippen molar-refractivity contribution in [2.24, 2.45) is 0 Å². The Morgan fingerprint density at radius 2 is 2.11 bits per heavy atom. The highest BCUT2D eigenvalue weighted by molar-refractivity contribution is 7.99. The van der Waals surface area contributed by atoms with Crippen LogP contribution in [-0.4, -0.2) is 39.2 Å². The second-order valence-corrected chi connectivity index (χ2v) is 5.01. The average Bonchev–Trinajstić information content (AvgIpc) is 2.45. The van der Waals surface area contributed by atoms with E-state index in [0.717, 1.165) is 16.7 Å². The number of alkyl halides is 1. The number of carboxylic acid groups (broad SMARTS) is 2. The Balaban J connectivity index is 2.37. The number of carboxylic acids is 1. The topological polar surface area (TPSA) is 77.8 Å². The smallest absolute Gasteiger partial charge is 0.407 e. The van der Waals surface area contributed by atoms with Crippen LogP contribution < -0.4 is 0 Å². The lowest BCUT2D eigenvalue weighted by molar-refractivity contribution is 0.0696. The van der Waals surface area contributed by atoms with Crippen molar-refractivity contribution in [1.29, 1.82) is 0 Å². The van der Waals surface area contributed by atoms with Crippen LogP contribution in [0.1, 0.15) is 15.9 Å². The fourth-order valence-electron chi connectivity index (χ4n) is 1.69. The molecule has 1 atom stereocenters. The number of hydrogen-bond donors (Lipinski definition) is 2. The first-order valence-corrected chi connectivity index (χ1v) is 6.00. The van der Waals surface area contributed by atoms with E-state index in [2.05, 4.69) is 0 Å². The lowest BCUT2D eigenvalue weighted by atomic mass is 10.1. The molecule has 0 saturated carbocycles. The second kappa shape index (κ2) is 4.85. The molecule has 1 aromatic rings. The highest BCUT2D eigenvalue weighted by Crippen LogP contribution is 2.33. The minimum absolute atomic E-state index is 0.0669. The summed E-state index contributed by atoms with van der Waals surface area (Å²) in [6.07, 6.45) is -1.19. The molecular formula is C11H10FNO4S. The Morgan fingerprint density at radius 1 is 1.39 bits per heavy atom. The first-order chi connectivity index (χ1) is 8.47. The van der Waals surface area contributed by atoms with E-state index in [1.807, 2.05) is 0 Å². The number of halogens is 1. The molecule has 1 aliphatic heterocycles. The first-order valence-electron chi connectivity index (χ1n) is 5.12. The number of aromatic carboxylic acids is 1. The van der Waals surface area contributed by atoms with Gasteiger partial charge in [-0.2, -0.15) is 0 Å². The van der Waals surface area contributed by atoms with E-state index in [1.54, 1.807) is 0 Å². The zero-order valence-electron chi connectivity index (χ0n) is 9.17. The summed E-state index contributed by atoms with van der Waals surface area (Å²) in [5.41, 5.74) is -0.712. The second-order valence-electron chi connectivity index (χ2n) is 3.82. The van der Waals surface area contributed by atoms with Crippen LogP contribution >= 0.6 is 11.8 Å². The van der Waals surface area contributed by atoms with Crippen molar-refractivity contribution < 1.29 is 24.2 Å².